The van der Waals surface area contributed by atoms with Gasteiger partial charge in [0.15, 0.2) is 5.69 Å². The molecule has 0 saturated carbocycles. The molecule has 0 amide bonds. The summed E-state index contributed by atoms with van der Waals surface area (Å²) in [6.45, 7) is 4.08. The van der Waals surface area contributed by atoms with Crippen molar-refractivity contribution in [3.8, 4) is 11.3 Å². The number of benzene rings is 1. The lowest BCUT2D eigenvalue weighted by atomic mass is 10.0. The van der Waals surface area contributed by atoms with Gasteiger partial charge in [-0.1, -0.05) is 38.1 Å². The minimum absolute atomic E-state index is 0.167. The van der Waals surface area contributed by atoms with Gasteiger partial charge in [-0.25, -0.2) is 9.97 Å². The van der Waals surface area contributed by atoms with Crippen LogP contribution in [0.25, 0.3) is 11.3 Å². The standard InChI is InChI=1S/C14H14F3N3/c1-8(2)9-3-5-10(6-4-9)11-7-12(14(15,16)17)20-13(18)19-11/h3-8H,1-2H3,(H2,18,19,20). The number of rotatable bonds is 2. The van der Waals surface area contributed by atoms with Crippen molar-refractivity contribution < 1.29 is 13.2 Å². The van der Waals surface area contributed by atoms with E-state index in [1.54, 1.807) is 12.1 Å². The fraction of sp³-hybridized carbons (Fsp3) is 0.286. The van der Waals surface area contributed by atoms with Crippen LogP contribution in [0.1, 0.15) is 31.0 Å². The Bertz CT molecular complexity index is 604. The van der Waals surface area contributed by atoms with E-state index in [0.29, 0.717) is 11.5 Å². The van der Waals surface area contributed by atoms with Crippen LogP contribution in [-0.4, -0.2) is 9.97 Å². The number of nitrogens with two attached hydrogens (primary N) is 1. The average Bonchev–Trinajstić information content (AvgIpc) is 2.37. The third-order valence-electron chi connectivity index (χ3n) is 2.91. The number of nitrogens with zero attached hydrogens (tertiary/aromatic N) is 2. The lowest BCUT2D eigenvalue weighted by Gasteiger charge is -2.10. The first-order chi connectivity index (χ1) is 9.27. The highest BCUT2D eigenvalue weighted by atomic mass is 19.4. The molecule has 1 aromatic carbocycles. The highest BCUT2D eigenvalue weighted by Crippen LogP contribution is 2.31. The summed E-state index contributed by atoms with van der Waals surface area (Å²) in [4.78, 5) is 7.08. The van der Waals surface area contributed by atoms with Gasteiger partial charge >= 0.3 is 6.18 Å². The Morgan fingerprint density at radius 3 is 2.15 bits per heavy atom. The predicted octanol–water partition coefficient (Wildman–Crippen LogP) is 3.87. The van der Waals surface area contributed by atoms with Gasteiger partial charge < -0.3 is 5.73 Å². The van der Waals surface area contributed by atoms with Crippen molar-refractivity contribution in [2.45, 2.75) is 25.9 Å². The molecule has 1 heterocycles. The Kier molecular flexibility index (Phi) is 3.65. The van der Waals surface area contributed by atoms with Crippen LogP contribution in [0.2, 0.25) is 0 Å². The van der Waals surface area contributed by atoms with E-state index in [1.807, 2.05) is 26.0 Å². The molecule has 0 bridgehead atoms. The molecular formula is C14H14F3N3. The summed E-state index contributed by atoms with van der Waals surface area (Å²) >= 11 is 0. The summed E-state index contributed by atoms with van der Waals surface area (Å²) in [6, 6.07) is 8.10. The zero-order valence-electron chi connectivity index (χ0n) is 11.1. The van der Waals surface area contributed by atoms with E-state index >= 15 is 0 Å². The largest absolute Gasteiger partial charge is 0.433 e. The molecule has 20 heavy (non-hydrogen) atoms. The van der Waals surface area contributed by atoms with Crippen molar-refractivity contribution in [3.63, 3.8) is 0 Å². The molecule has 0 aliphatic heterocycles. The Hall–Kier alpha value is -2.11. The SMILES string of the molecule is CC(C)c1ccc(-c2cc(C(F)(F)F)nc(N)n2)cc1. The van der Waals surface area contributed by atoms with E-state index in [2.05, 4.69) is 9.97 Å². The van der Waals surface area contributed by atoms with Crippen LogP contribution in [0.4, 0.5) is 19.1 Å². The summed E-state index contributed by atoms with van der Waals surface area (Å²) in [7, 11) is 0. The topological polar surface area (TPSA) is 51.8 Å². The van der Waals surface area contributed by atoms with Crippen LogP contribution in [0.5, 0.6) is 0 Å². The van der Waals surface area contributed by atoms with E-state index in [0.717, 1.165) is 11.6 Å². The summed E-state index contributed by atoms with van der Waals surface area (Å²) in [5.41, 5.74) is 6.16. The van der Waals surface area contributed by atoms with E-state index in [4.69, 9.17) is 5.73 Å². The molecule has 0 aliphatic rings. The van der Waals surface area contributed by atoms with E-state index in [-0.39, 0.29) is 11.6 Å². The van der Waals surface area contributed by atoms with Gasteiger partial charge in [-0.3, -0.25) is 0 Å². The van der Waals surface area contributed by atoms with Gasteiger partial charge in [0.05, 0.1) is 5.69 Å². The van der Waals surface area contributed by atoms with Gasteiger partial charge in [0, 0.05) is 5.56 Å². The van der Waals surface area contributed by atoms with Crippen LogP contribution < -0.4 is 5.73 Å². The fourth-order valence-electron chi connectivity index (χ4n) is 1.80. The molecular weight excluding hydrogens is 267 g/mol. The Balaban J connectivity index is 2.44. The number of aromatic nitrogens is 2. The molecule has 3 nitrogen and oxygen atoms in total. The normalized spacial score (nSPS) is 11.9. The first kappa shape index (κ1) is 14.3. The first-order valence-electron chi connectivity index (χ1n) is 6.09. The number of alkyl halides is 3. The van der Waals surface area contributed by atoms with Crippen LogP contribution in [0.15, 0.2) is 30.3 Å². The Morgan fingerprint density at radius 2 is 1.65 bits per heavy atom. The monoisotopic (exact) mass is 281 g/mol. The molecule has 0 radical (unpaired) electrons. The minimum Gasteiger partial charge on any atom is -0.368 e. The Morgan fingerprint density at radius 1 is 1.05 bits per heavy atom. The molecule has 0 atom stereocenters. The van der Waals surface area contributed by atoms with Crippen molar-refractivity contribution in [1.29, 1.82) is 0 Å². The molecule has 6 heteroatoms. The predicted molar refractivity (Wildman–Crippen MR) is 71.0 cm³/mol. The fourth-order valence-corrected chi connectivity index (χ4v) is 1.80. The third kappa shape index (κ3) is 3.07. The molecule has 106 valence electrons. The number of hydrogen-bond acceptors (Lipinski definition) is 3. The van der Waals surface area contributed by atoms with E-state index < -0.39 is 11.9 Å². The van der Waals surface area contributed by atoms with Gasteiger partial charge in [-0.05, 0) is 17.5 Å². The zero-order valence-corrected chi connectivity index (χ0v) is 11.1. The van der Waals surface area contributed by atoms with Crippen LogP contribution in [-0.2, 0) is 6.18 Å². The van der Waals surface area contributed by atoms with Crippen molar-refractivity contribution >= 4 is 5.95 Å². The van der Waals surface area contributed by atoms with Gasteiger partial charge in [-0.2, -0.15) is 13.2 Å². The molecule has 2 N–H and O–H groups in total. The number of hydrogen-bond donors (Lipinski definition) is 1. The second-order valence-electron chi connectivity index (χ2n) is 4.77. The summed E-state index contributed by atoms with van der Waals surface area (Å²) in [6.07, 6.45) is -4.54. The second kappa shape index (κ2) is 5.11. The zero-order chi connectivity index (χ0) is 14.9. The molecule has 0 fully saturated rings. The van der Waals surface area contributed by atoms with Crippen molar-refractivity contribution in [3.05, 3.63) is 41.6 Å². The van der Waals surface area contributed by atoms with E-state index in [1.165, 1.54) is 0 Å². The molecule has 2 rings (SSSR count). The number of nitrogen functional groups attached to an aromatic ring is 1. The molecule has 1 aromatic heterocycles. The number of anilines is 1. The number of halogens is 3. The molecule has 0 unspecified atom stereocenters. The van der Waals surface area contributed by atoms with Crippen molar-refractivity contribution in [1.82, 2.24) is 9.97 Å². The smallest absolute Gasteiger partial charge is 0.368 e. The van der Waals surface area contributed by atoms with Crippen LogP contribution in [0.3, 0.4) is 0 Å². The lowest BCUT2D eigenvalue weighted by molar-refractivity contribution is -0.141. The first-order valence-corrected chi connectivity index (χ1v) is 6.09. The molecule has 2 aromatic rings. The summed E-state index contributed by atoms with van der Waals surface area (Å²) in [5, 5.41) is 0. The van der Waals surface area contributed by atoms with Crippen molar-refractivity contribution in [2.24, 2.45) is 0 Å². The molecule has 0 aliphatic carbocycles. The summed E-state index contributed by atoms with van der Waals surface area (Å²) < 4.78 is 38.1. The van der Waals surface area contributed by atoms with Crippen LogP contribution >= 0.6 is 0 Å². The van der Waals surface area contributed by atoms with E-state index in [9.17, 15) is 13.2 Å². The maximum Gasteiger partial charge on any atom is 0.433 e. The molecule has 0 saturated heterocycles. The summed E-state index contributed by atoms with van der Waals surface area (Å²) in [5.74, 6) is -0.0342. The lowest BCUT2D eigenvalue weighted by Crippen LogP contribution is -2.11. The highest BCUT2D eigenvalue weighted by molar-refractivity contribution is 5.61. The maximum absolute atomic E-state index is 12.7. The highest BCUT2D eigenvalue weighted by Gasteiger charge is 2.33. The van der Waals surface area contributed by atoms with Crippen molar-refractivity contribution in [2.75, 3.05) is 5.73 Å². The second-order valence-corrected chi connectivity index (χ2v) is 4.77. The van der Waals surface area contributed by atoms with Crippen LogP contribution in [0, 0.1) is 0 Å². The quantitative estimate of drug-likeness (QED) is 0.909. The Labute approximate surface area is 114 Å². The van der Waals surface area contributed by atoms with Gasteiger partial charge in [0.1, 0.15) is 0 Å². The molecule has 0 spiro atoms. The van der Waals surface area contributed by atoms with Gasteiger partial charge in [0.2, 0.25) is 5.95 Å². The van der Waals surface area contributed by atoms with Gasteiger partial charge in [0.25, 0.3) is 0 Å². The third-order valence-corrected chi connectivity index (χ3v) is 2.91. The average molecular weight is 281 g/mol. The maximum atomic E-state index is 12.7. The minimum atomic E-state index is -4.54. The van der Waals surface area contributed by atoms with Gasteiger partial charge in [-0.15, -0.1) is 0 Å².